The highest BCUT2D eigenvalue weighted by atomic mass is 16.5. The van der Waals surface area contributed by atoms with E-state index in [4.69, 9.17) is 4.74 Å². The lowest BCUT2D eigenvalue weighted by Gasteiger charge is -2.32. The van der Waals surface area contributed by atoms with Crippen molar-refractivity contribution >= 4 is 11.8 Å². The number of amides is 2. The van der Waals surface area contributed by atoms with E-state index in [2.05, 4.69) is 0 Å². The summed E-state index contributed by atoms with van der Waals surface area (Å²) in [6.07, 6.45) is 3.18. The van der Waals surface area contributed by atoms with Crippen LogP contribution in [-0.2, 0) is 9.59 Å². The Morgan fingerprint density at radius 3 is 2.38 bits per heavy atom. The van der Waals surface area contributed by atoms with Gasteiger partial charge in [0.1, 0.15) is 5.75 Å². The molecular formula is C19H26N2O3. The van der Waals surface area contributed by atoms with Gasteiger partial charge in [0.05, 0.1) is 6.61 Å². The molecule has 1 aromatic rings. The molecular weight excluding hydrogens is 304 g/mol. The monoisotopic (exact) mass is 330 g/mol. The van der Waals surface area contributed by atoms with Crippen molar-refractivity contribution < 1.29 is 14.3 Å². The fourth-order valence-corrected chi connectivity index (χ4v) is 3.34. The van der Waals surface area contributed by atoms with Gasteiger partial charge in [0, 0.05) is 44.9 Å². The van der Waals surface area contributed by atoms with Gasteiger partial charge < -0.3 is 14.5 Å². The first-order valence-electron chi connectivity index (χ1n) is 8.85. The lowest BCUT2D eigenvalue weighted by molar-refractivity contribution is -0.138. The first-order valence-corrected chi connectivity index (χ1v) is 8.85. The molecule has 5 nitrogen and oxygen atoms in total. The molecule has 2 amide bonds. The highest BCUT2D eigenvalue weighted by molar-refractivity contribution is 5.80. The van der Waals surface area contributed by atoms with E-state index in [9.17, 15) is 9.59 Å². The molecule has 1 heterocycles. The van der Waals surface area contributed by atoms with E-state index in [1.807, 2.05) is 40.1 Å². The number of carbonyl (C=O) groups excluding carboxylic acids is 2. The van der Waals surface area contributed by atoms with Gasteiger partial charge in [0.2, 0.25) is 11.8 Å². The third-order valence-corrected chi connectivity index (χ3v) is 5.04. The fourth-order valence-electron chi connectivity index (χ4n) is 3.34. The van der Waals surface area contributed by atoms with Gasteiger partial charge in [-0.05, 0) is 25.0 Å². The summed E-state index contributed by atoms with van der Waals surface area (Å²) in [7, 11) is 0. The smallest absolute Gasteiger partial charge is 0.225 e. The second-order valence-electron chi connectivity index (χ2n) is 6.87. The molecule has 0 radical (unpaired) electrons. The van der Waals surface area contributed by atoms with Gasteiger partial charge in [-0.2, -0.15) is 0 Å². The van der Waals surface area contributed by atoms with Crippen LogP contribution in [0.3, 0.4) is 0 Å². The van der Waals surface area contributed by atoms with Gasteiger partial charge in [-0.3, -0.25) is 9.59 Å². The molecule has 5 heteroatoms. The van der Waals surface area contributed by atoms with Gasteiger partial charge >= 0.3 is 0 Å². The number of para-hydroxylation sites is 1. The van der Waals surface area contributed by atoms with E-state index in [0.717, 1.165) is 25.0 Å². The van der Waals surface area contributed by atoms with Crippen LogP contribution in [0.2, 0.25) is 0 Å². The largest absolute Gasteiger partial charge is 0.493 e. The molecule has 1 aromatic carbocycles. The Morgan fingerprint density at radius 2 is 1.75 bits per heavy atom. The van der Waals surface area contributed by atoms with Crippen molar-refractivity contribution in [2.45, 2.75) is 26.2 Å². The Balaban J connectivity index is 1.64. The molecule has 130 valence electrons. The van der Waals surface area contributed by atoms with Gasteiger partial charge in [-0.25, -0.2) is 0 Å². The molecule has 24 heavy (non-hydrogen) atoms. The van der Waals surface area contributed by atoms with Crippen molar-refractivity contribution in [3.05, 3.63) is 30.3 Å². The quantitative estimate of drug-likeness (QED) is 0.850. The van der Waals surface area contributed by atoms with Crippen LogP contribution in [0, 0.1) is 11.8 Å². The van der Waals surface area contributed by atoms with Crippen molar-refractivity contribution in [2.24, 2.45) is 11.8 Å². The third-order valence-electron chi connectivity index (χ3n) is 5.04. The lowest BCUT2D eigenvalue weighted by Crippen LogP contribution is -2.42. The minimum absolute atomic E-state index is 0.0673. The Hall–Kier alpha value is -2.04. The first-order chi connectivity index (χ1) is 11.6. The van der Waals surface area contributed by atoms with Gasteiger partial charge in [-0.15, -0.1) is 0 Å². The molecule has 2 fully saturated rings. The molecule has 1 saturated heterocycles. The number of rotatable bonds is 4. The number of ether oxygens (including phenoxy) is 1. The number of hydrogen-bond donors (Lipinski definition) is 0. The van der Waals surface area contributed by atoms with Crippen LogP contribution in [-0.4, -0.2) is 54.4 Å². The minimum atomic E-state index is 0.0673. The van der Waals surface area contributed by atoms with E-state index in [-0.39, 0.29) is 23.7 Å². The summed E-state index contributed by atoms with van der Waals surface area (Å²) in [5.74, 6) is 1.49. The predicted molar refractivity (Wildman–Crippen MR) is 91.6 cm³/mol. The average Bonchev–Trinajstić information content (AvgIpc) is 2.75. The molecule has 0 bridgehead atoms. The second-order valence-corrected chi connectivity index (χ2v) is 6.87. The Kier molecular flexibility index (Phi) is 5.38. The molecule has 1 aliphatic heterocycles. The van der Waals surface area contributed by atoms with Crippen molar-refractivity contribution in [3.63, 3.8) is 0 Å². The maximum Gasteiger partial charge on any atom is 0.225 e. The summed E-state index contributed by atoms with van der Waals surface area (Å²) in [6.45, 7) is 4.69. The molecule has 1 saturated carbocycles. The van der Waals surface area contributed by atoms with Gasteiger partial charge in [0.25, 0.3) is 0 Å². The molecule has 0 spiro atoms. The van der Waals surface area contributed by atoms with Crippen molar-refractivity contribution in [1.82, 2.24) is 9.80 Å². The standard InChI is InChI=1S/C19H26N2O3/c1-15(22)20-10-11-21(19(23)17-6-5-7-17)13-16(12-20)14-24-18-8-3-2-4-9-18/h2-4,8-9,16-17H,5-7,10-14H2,1H3. The van der Waals surface area contributed by atoms with Crippen molar-refractivity contribution in [3.8, 4) is 5.75 Å². The summed E-state index contributed by atoms with van der Waals surface area (Å²) in [5.41, 5.74) is 0. The molecule has 1 aliphatic carbocycles. The zero-order valence-corrected chi connectivity index (χ0v) is 14.3. The number of carbonyl (C=O) groups is 2. The Morgan fingerprint density at radius 1 is 1.08 bits per heavy atom. The summed E-state index contributed by atoms with van der Waals surface area (Å²) in [4.78, 5) is 28.2. The van der Waals surface area contributed by atoms with Crippen LogP contribution >= 0.6 is 0 Å². The van der Waals surface area contributed by atoms with Gasteiger partial charge in [-0.1, -0.05) is 24.6 Å². The summed E-state index contributed by atoms with van der Waals surface area (Å²) < 4.78 is 5.88. The topological polar surface area (TPSA) is 49.9 Å². The normalized spacial score (nSPS) is 21.8. The van der Waals surface area contributed by atoms with E-state index >= 15 is 0 Å². The maximum atomic E-state index is 12.6. The van der Waals surface area contributed by atoms with Crippen LogP contribution in [0.15, 0.2) is 30.3 Å². The predicted octanol–water partition coefficient (Wildman–Crippen LogP) is 2.17. The molecule has 3 rings (SSSR count). The third kappa shape index (κ3) is 4.08. The van der Waals surface area contributed by atoms with Crippen LogP contribution in [0.1, 0.15) is 26.2 Å². The zero-order chi connectivity index (χ0) is 16.9. The number of hydrogen-bond acceptors (Lipinski definition) is 3. The van der Waals surface area contributed by atoms with E-state index < -0.39 is 0 Å². The zero-order valence-electron chi connectivity index (χ0n) is 14.3. The van der Waals surface area contributed by atoms with E-state index in [0.29, 0.717) is 32.8 Å². The van der Waals surface area contributed by atoms with Crippen molar-refractivity contribution in [2.75, 3.05) is 32.8 Å². The second kappa shape index (κ2) is 7.69. The molecule has 1 unspecified atom stereocenters. The minimum Gasteiger partial charge on any atom is -0.493 e. The summed E-state index contributed by atoms with van der Waals surface area (Å²) in [5, 5.41) is 0. The SMILES string of the molecule is CC(=O)N1CCN(C(=O)C2CCC2)CC(COc2ccccc2)C1. The molecule has 0 aromatic heterocycles. The lowest BCUT2D eigenvalue weighted by atomic mass is 9.84. The van der Waals surface area contributed by atoms with Crippen LogP contribution < -0.4 is 4.74 Å². The Labute approximate surface area is 143 Å². The first kappa shape index (κ1) is 16.8. The number of nitrogens with zero attached hydrogens (tertiary/aromatic N) is 2. The van der Waals surface area contributed by atoms with E-state index in [1.165, 1.54) is 0 Å². The number of benzene rings is 1. The molecule has 1 atom stereocenters. The highest BCUT2D eigenvalue weighted by Crippen LogP contribution is 2.29. The summed E-state index contributed by atoms with van der Waals surface area (Å²) >= 11 is 0. The molecule has 0 N–H and O–H groups in total. The van der Waals surface area contributed by atoms with Crippen LogP contribution in [0.5, 0.6) is 5.75 Å². The maximum absolute atomic E-state index is 12.6. The van der Waals surface area contributed by atoms with Crippen LogP contribution in [0.25, 0.3) is 0 Å². The van der Waals surface area contributed by atoms with Gasteiger partial charge in [0.15, 0.2) is 0 Å². The van der Waals surface area contributed by atoms with Crippen molar-refractivity contribution in [1.29, 1.82) is 0 Å². The molecule has 2 aliphatic rings. The van der Waals surface area contributed by atoms with E-state index in [1.54, 1.807) is 6.92 Å². The Bertz CT molecular complexity index is 571. The highest BCUT2D eigenvalue weighted by Gasteiger charge is 2.33. The average molecular weight is 330 g/mol. The fraction of sp³-hybridized carbons (Fsp3) is 0.579. The summed E-state index contributed by atoms with van der Waals surface area (Å²) in [6, 6.07) is 9.69. The van der Waals surface area contributed by atoms with Crippen LogP contribution in [0.4, 0.5) is 0 Å².